The van der Waals surface area contributed by atoms with Gasteiger partial charge in [-0.05, 0) is 12.8 Å². The summed E-state index contributed by atoms with van der Waals surface area (Å²) in [6.45, 7) is 2.05. The molecule has 1 aromatic heterocycles. The van der Waals surface area contributed by atoms with Crippen molar-refractivity contribution in [2.24, 2.45) is 0 Å². The minimum absolute atomic E-state index is 0.00581. The minimum Gasteiger partial charge on any atom is -0.377 e. The maximum absolute atomic E-state index is 11.4. The van der Waals surface area contributed by atoms with E-state index in [0.29, 0.717) is 19.8 Å². The van der Waals surface area contributed by atoms with E-state index in [0.717, 1.165) is 19.4 Å². The lowest BCUT2D eigenvalue weighted by molar-refractivity contribution is 0.0146. The summed E-state index contributed by atoms with van der Waals surface area (Å²) in [5.41, 5.74) is -1.05. The van der Waals surface area contributed by atoms with Gasteiger partial charge in [0.25, 0.3) is 5.56 Å². The Morgan fingerprint density at radius 3 is 3.11 bits per heavy atom. The van der Waals surface area contributed by atoms with Gasteiger partial charge in [-0.1, -0.05) is 11.6 Å². The van der Waals surface area contributed by atoms with Crippen LogP contribution in [0.3, 0.4) is 0 Å². The SMILES string of the molecule is O=c1[nH]c(=O)n(CCOCC2CCCO2)cc1Cl. The second-order valence-corrected chi connectivity index (χ2v) is 4.55. The van der Waals surface area contributed by atoms with Gasteiger partial charge >= 0.3 is 5.69 Å². The van der Waals surface area contributed by atoms with Crippen LogP contribution in [0.2, 0.25) is 5.02 Å². The molecule has 1 aliphatic rings. The lowest BCUT2D eigenvalue weighted by Gasteiger charge is -2.10. The van der Waals surface area contributed by atoms with E-state index in [4.69, 9.17) is 21.1 Å². The molecule has 1 unspecified atom stereocenters. The van der Waals surface area contributed by atoms with E-state index in [1.165, 1.54) is 10.8 Å². The number of nitrogens with one attached hydrogen (secondary N) is 1. The Hall–Kier alpha value is -1.11. The number of nitrogens with zero attached hydrogens (tertiary/aromatic N) is 1. The van der Waals surface area contributed by atoms with E-state index < -0.39 is 11.2 Å². The minimum atomic E-state index is -0.571. The molecule has 2 heterocycles. The van der Waals surface area contributed by atoms with Crippen molar-refractivity contribution in [1.29, 1.82) is 0 Å². The molecule has 100 valence electrons. The molecule has 2 rings (SSSR count). The van der Waals surface area contributed by atoms with Gasteiger partial charge < -0.3 is 9.47 Å². The van der Waals surface area contributed by atoms with E-state index in [1.807, 2.05) is 0 Å². The first-order valence-electron chi connectivity index (χ1n) is 5.85. The van der Waals surface area contributed by atoms with Gasteiger partial charge in [-0.25, -0.2) is 4.79 Å². The molecule has 18 heavy (non-hydrogen) atoms. The third-order valence-electron chi connectivity index (χ3n) is 2.77. The molecular formula is C11H15ClN2O4. The van der Waals surface area contributed by atoms with E-state index in [1.54, 1.807) is 0 Å². The van der Waals surface area contributed by atoms with Crippen LogP contribution in [0.25, 0.3) is 0 Å². The van der Waals surface area contributed by atoms with Crippen molar-refractivity contribution < 1.29 is 9.47 Å². The summed E-state index contributed by atoms with van der Waals surface area (Å²) in [5.74, 6) is 0. The van der Waals surface area contributed by atoms with Crippen molar-refractivity contribution >= 4 is 11.6 Å². The maximum atomic E-state index is 11.4. The monoisotopic (exact) mass is 274 g/mol. The Morgan fingerprint density at radius 2 is 2.39 bits per heavy atom. The average molecular weight is 275 g/mol. The molecule has 0 radical (unpaired) electrons. The van der Waals surface area contributed by atoms with Crippen molar-refractivity contribution in [2.75, 3.05) is 19.8 Å². The molecule has 0 amide bonds. The first-order chi connectivity index (χ1) is 8.66. The standard InChI is InChI=1S/C11H15ClN2O4/c12-9-6-14(11(16)13-10(9)15)3-5-17-7-8-2-1-4-18-8/h6,8H,1-5,7H2,(H,13,15,16). The van der Waals surface area contributed by atoms with E-state index in [2.05, 4.69) is 4.98 Å². The first kappa shape index (κ1) is 13.3. The topological polar surface area (TPSA) is 73.3 Å². The van der Waals surface area contributed by atoms with Gasteiger partial charge in [-0.2, -0.15) is 0 Å². The molecule has 1 atom stereocenters. The lowest BCUT2D eigenvalue weighted by Crippen LogP contribution is -2.31. The van der Waals surface area contributed by atoms with Gasteiger partial charge in [0.15, 0.2) is 0 Å². The lowest BCUT2D eigenvalue weighted by atomic mass is 10.2. The molecule has 1 N–H and O–H groups in total. The van der Waals surface area contributed by atoms with Crippen molar-refractivity contribution in [3.8, 4) is 0 Å². The molecule has 1 aliphatic heterocycles. The molecule has 0 spiro atoms. The molecule has 1 aromatic rings. The predicted molar refractivity (Wildman–Crippen MR) is 66.1 cm³/mol. The fraction of sp³-hybridized carbons (Fsp3) is 0.636. The molecule has 6 nitrogen and oxygen atoms in total. The van der Waals surface area contributed by atoms with Gasteiger partial charge in [-0.3, -0.25) is 14.3 Å². The highest BCUT2D eigenvalue weighted by Crippen LogP contribution is 2.11. The summed E-state index contributed by atoms with van der Waals surface area (Å²) in [6, 6.07) is 0. The molecule has 0 saturated carbocycles. The van der Waals surface area contributed by atoms with Crippen LogP contribution in [0.4, 0.5) is 0 Å². The van der Waals surface area contributed by atoms with E-state index in [-0.39, 0.29) is 11.1 Å². The molecule has 7 heteroatoms. The summed E-state index contributed by atoms with van der Waals surface area (Å²) in [7, 11) is 0. The highest BCUT2D eigenvalue weighted by molar-refractivity contribution is 6.30. The molecule has 0 aromatic carbocycles. The van der Waals surface area contributed by atoms with Crippen LogP contribution in [-0.2, 0) is 16.0 Å². The summed E-state index contributed by atoms with van der Waals surface area (Å²) in [6.07, 6.45) is 3.58. The highest BCUT2D eigenvalue weighted by Gasteiger charge is 2.15. The quantitative estimate of drug-likeness (QED) is 0.788. The number of aromatic amines is 1. The molecule has 0 aliphatic carbocycles. The zero-order valence-corrected chi connectivity index (χ0v) is 10.6. The highest BCUT2D eigenvalue weighted by atomic mass is 35.5. The first-order valence-corrected chi connectivity index (χ1v) is 6.23. The van der Waals surface area contributed by atoms with Gasteiger partial charge in [0.1, 0.15) is 5.02 Å². The van der Waals surface area contributed by atoms with E-state index >= 15 is 0 Å². The number of aromatic nitrogens is 2. The van der Waals surface area contributed by atoms with Gasteiger partial charge in [0.05, 0.1) is 25.9 Å². The van der Waals surface area contributed by atoms with Crippen LogP contribution in [0, 0.1) is 0 Å². The second-order valence-electron chi connectivity index (χ2n) is 4.14. The van der Waals surface area contributed by atoms with Crippen LogP contribution in [-0.4, -0.2) is 35.5 Å². The average Bonchev–Trinajstić information content (AvgIpc) is 2.84. The van der Waals surface area contributed by atoms with Gasteiger partial charge in [0, 0.05) is 12.8 Å². The van der Waals surface area contributed by atoms with Crippen LogP contribution in [0.5, 0.6) is 0 Å². The largest absolute Gasteiger partial charge is 0.377 e. The Bertz CT molecular complexity index is 505. The number of ether oxygens (including phenoxy) is 2. The molecule has 0 bridgehead atoms. The van der Waals surface area contributed by atoms with Crippen molar-refractivity contribution in [1.82, 2.24) is 9.55 Å². The molecule has 1 fully saturated rings. The van der Waals surface area contributed by atoms with Gasteiger partial charge in [-0.15, -0.1) is 0 Å². The van der Waals surface area contributed by atoms with E-state index in [9.17, 15) is 9.59 Å². The Morgan fingerprint density at radius 1 is 1.56 bits per heavy atom. The number of halogens is 1. The molecule has 1 saturated heterocycles. The van der Waals surface area contributed by atoms with Crippen molar-refractivity contribution in [2.45, 2.75) is 25.5 Å². The van der Waals surface area contributed by atoms with Crippen LogP contribution in [0.15, 0.2) is 15.8 Å². The van der Waals surface area contributed by atoms with Crippen molar-refractivity contribution in [3.05, 3.63) is 32.1 Å². The molecular weight excluding hydrogens is 260 g/mol. The van der Waals surface area contributed by atoms with Gasteiger partial charge in [0.2, 0.25) is 0 Å². The summed E-state index contributed by atoms with van der Waals surface area (Å²) in [4.78, 5) is 24.6. The van der Waals surface area contributed by atoms with Crippen molar-refractivity contribution in [3.63, 3.8) is 0 Å². The van der Waals surface area contributed by atoms with Crippen LogP contribution in [0.1, 0.15) is 12.8 Å². The second kappa shape index (κ2) is 6.17. The summed E-state index contributed by atoms with van der Waals surface area (Å²) >= 11 is 5.64. The Balaban J connectivity index is 1.81. The third kappa shape index (κ3) is 3.44. The predicted octanol–water partition coefficient (Wildman–Crippen LogP) is 0.386. The fourth-order valence-corrected chi connectivity index (χ4v) is 1.97. The van der Waals surface area contributed by atoms with Crippen LogP contribution < -0.4 is 11.2 Å². The maximum Gasteiger partial charge on any atom is 0.328 e. The summed E-state index contributed by atoms with van der Waals surface area (Å²) < 4.78 is 12.1. The summed E-state index contributed by atoms with van der Waals surface area (Å²) in [5, 5.41) is -0.00581. The number of rotatable bonds is 5. The Kier molecular flexibility index (Phi) is 4.57. The smallest absolute Gasteiger partial charge is 0.328 e. The Labute approximate surface area is 108 Å². The van der Waals surface area contributed by atoms with Crippen LogP contribution >= 0.6 is 11.6 Å². The number of hydrogen-bond donors (Lipinski definition) is 1. The fourth-order valence-electron chi connectivity index (χ4n) is 1.80. The zero-order chi connectivity index (χ0) is 13.0. The zero-order valence-electron chi connectivity index (χ0n) is 9.86. The number of hydrogen-bond acceptors (Lipinski definition) is 4. The number of H-pyrrole nitrogens is 1. The third-order valence-corrected chi connectivity index (χ3v) is 3.04. The normalized spacial score (nSPS) is 19.3.